The molecule has 6 rings (SSSR count). The van der Waals surface area contributed by atoms with Crippen molar-refractivity contribution in [1.82, 2.24) is 4.98 Å². The second-order valence-electron chi connectivity index (χ2n) is 8.34. The third-order valence-corrected chi connectivity index (χ3v) is 6.39. The van der Waals surface area contributed by atoms with Gasteiger partial charge in [0.15, 0.2) is 0 Å². The maximum absolute atomic E-state index is 13.9. The van der Waals surface area contributed by atoms with Crippen molar-refractivity contribution in [3.8, 4) is 0 Å². The van der Waals surface area contributed by atoms with Gasteiger partial charge in [-0.05, 0) is 69.5 Å². The molecule has 33 heavy (non-hydrogen) atoms. The van der Waals surface area contributed by atoms with Crippen molar-refractivity contribution in [2.45, 2.75) is 31.4 Å². The number of hydrogen-bond donors (Lipinski definition) is 0. The molecule has 0 saturated heterocycles. The van der Waals surface area contributed by atoms with Crippen LogP contribution in [-0.4, -0.2) is 11.2 Å². The van der Waals surface area contributed by atoms with E-state index in [-0.39, 0.29) is 12.2 Å². The van der Waals surface area contributed by atoms with Gasteiger partial charge in [0.05, 0.1) is 5.92 Å². The first-order chi connectivity index (χ1) is 15.9. The van der Waals surface area contributed by atoms with Crippen LogP contribution in [0.25, 0.3) is 32.3 Å². The standard InChI is InChI=1S/C19H14F4.C9H7N/c20-18-6-2-4-12-14-7-9-15-11(13(14)8-10-16(12)18)3-1-5-17(15)19(21,22)23;1-2-4-9-7-10-6-5-8(9)3-1/h2,4,6-10,17H,1,3,5H2;1-7H. The Balaban J connectivity index is 0.000000190. The minimum Gasteiger partial charge on any atom is -0.264 e. The van der Waals surface area contributed by atoms with Crippen LogP contribution in [0.15, 0.2) is 85.2 Å². The number of hydrogen-bond acceptors (Lipinski definition) is 1. The maximum Gasteiger partial charge on any atom is 0.395 e. The summed E-state index contributed by atoms with van der Waals surface area (Å²) in [4.78, 5) is 4.01. The van der Waals surface area contributed by atoms with Crippen molar-refractivity contribution >= 4 is 32.3 Å². The van der Waals surface area contributed by atoms with Crippen molar-refractivity contribution < 1.29 is 17.6 Å². The fourth-order valence-corrected chi connectivity index (χ4v) is 4.83. The quantitative estimate of drug-likeness (QED) is 0.172. The van der Waals surface area contributed by atoms with Gasteiger partial charge in [0.1, 0.15) is 5.82 Å². The number of benzene rings is 4. The number of nitrogens with zero attached hydrogens (tertiary/aromatic N) is 1. The average Bonchev–Trinajstić information content (AvgIpc) is 2.83. The smallest absolute Gasteiger partial charge is 0.264 e. The summed E-state index contributed by atoms with van der Waals surface area (Å²) < 4.78 is 53.8. The van der Waals surface area contributed by atoms with Crippen LogP contribution in [0.3, 0.4) is 0 Å². The van der Waals surface area contributed by atoms with Crippen LogP contribution in [0.2, 0.25) is 0 Å². The van der Waals surface area contributed by atoms with E-state index in [0.717, 1.165) is 21.7 Å². The number of halogens is 4. The highest BCUT2D eigenvalue weighted by molar-refractivity contribution is 6.09. The number of fused-ring (bicyclic) bond motifs is 6. The van der Waals surface area contributed by atoms with Crippen LogP contribution >= 0.6 is 0 Å². The zero-order valence-corrected chi connectivity index (χ0v) is 17.7. The Kier molecular flexibility index (Phi) is 5.49. The lowest BCUT2D eigenvalue weighted by atomic mass is 9.79. The van der Waals surface area contributed by atoms with Crippen molar-refractivity contribution in [2.24, 2.45) is 0 Å². The van der Waals surface area contributed by atoms with Gasteiger partial charge < -0.3 is 0 Å². The van der Waals surface area contributed by atoms with Gasteiger partial charge in [-0.2, -0.15) is 13.2 Å². The Morgan fingerprint density at radius 3 is 2.24 bits per heavy atom. The third-order valence-electron chi connectivity index (χ3n) is 6.39. The van der Waals surface area contributed by atoms with Gasteiger partial charge >= 0.3 is 6.18 Å². The summed E-state index contributed by atoms with van der Waals surface area (Å²) in [5.74, 6) is -1.70. The van der Waals surface area contributed by atoms with Crippen LogP contribution in [0, 0.1) is 5.82 Å². The molecule has 5 heteroatoms. The van der Waals surface area contributed by atoms with Crippen molar-refractivity contribution in [2.75, 3.05) is 0 Å². The molecule has 166 valence electrons. The fraction of sp³-hybridized carbons (Fsp3) is 0.179. The second-order valence-corrected chi connectivity index (χ2v) is 8.34. The van der Waals surface area contributed by atoms with Crippen LogP contribution < -0.4 is 0 Å². The van der Waals surface area contributed by atoms with E-state index in [2.05, 4.69) is 17.1 Å². The van der Waals surface area contributed by atoms with E-state index in [1.165, 1.54) is 16.8 Å². The SMILES string of the molecule is Fc1cccc2c1ccc1c3c(ccc12)C(C(F)(F)F)CCC3.c1ccc2cnccc2c1. The normalized spacial score (nSPS) is 15.8. The number of aromatic nitrogens is 1. The summed E-state index contributed by atoms with van der Waals surface area (Å²) in [6, 6.07) is 21.8. The molecule has 0 amide bonds. The molecule has 0 fully saturated rings. The highest BCUT2D eigenvalue weighted by atomic mass is 19.4. The predicted octanol–water partition coefficient (Wildman–Crippen LogP) is 8.35. The number of aryl methyl sites for hydroxylation is 1. The van der Waals surface area contributed by atoms with Crippen LogP contribution in [0.1, 0.15) is 29.9 Å². The molecule has 0 aliphatic heterocycles. The molecule has 0 N–H and O–H groups in total. The lowest BCUT2D eigenvalue weighted by Gasteiger charge is -2.28. The van der Waals surface area contributed by atoms with Crippen LogP contribution in [0.4, 0.5) is 17.6 Å². The average molecular weight is 447 g/mol. The van der Waals surface area contributed by atoms with Gasteiger partial charge in [0, 0.05) is 17.8 Å². The van der Waals surface area contributed by atoms with E-state index in [4.69, 9.17) is 0 Å². The van der Waals surface area contributed by atoms with E-state index in [0.29, 0.717) is 23.8 Å². The molecule has 1 aliphatic carbocycles. The van der Waals surface area contributed by atoms with E-state index in [1.54, 1.807) is 30.3 Å². The Labute approximate surface area is 188 Å². The third kappa shape index (κ3) is 4.04. The molecular formula is C28H21F4N. The minimum absolute atomic E-state index is 0.143. The number of pyridine rings is 1. The summed E-state index contributed by atoms with van der Waals surface area (Å²) in [5.41, 5.74) is 1.15. The summed E-state index contributed by atoms with van der Waals surface area (Å²) in [6.45, 7) is 0. The van der Waals surface area contributed by atoms with Crippen molar-refractivity contribution in [1.29, 1.82) is 0 Å². The zero-order chi connectivity index (χ0) is 23.0. The van der Waals surface area contributed by atoms with Crippen LogP contribution in [0.5, 0.6) is 0 Å². The first-order valence-corrected chi connectivity index (χ1v) is 10.9. The molecule has 0 bridgehead atoms. The molecule has 0 saturated carbocycles. The molecule has 5 aromatic rings. The molecule has 0 radical (unpaired) electrons. The predicted molar refractivity (Wildman–Crippen MR) is 125 cm³/mol. The van der Waals surface area contributed by atoms with Gasteiger partial charge in [-0.15, -0.1) is 0 Å². The topological polar surface area (TPSA) is 12.9 Å². The van der Waals surface area contributed by atoms with Gasteiger partial charge in [0.2, 0.25) is 0 Å². The fourth-order valence-electron chi connectivity index (χ4n) is 4.83. The first-order valence-electron chi connectivity index (χ1n) is 10.9. The lowest BCUT2D eigenvalue weighted by Crippen LogP contribution is -2.25. The molecule has 1 unspecified atom stereocenters. The molecule has 1 atom stereocenters. The van der Waals surface area contributed by atoms with Crippen molar-refractivity contribution in [3.63, 3.8) is 0 Å². The molecule has 0 spiro atoms. The summed E-state index contributed by atoms with van der Waals surface area (Å²) >= 11 is 0. The number of alkyl halides is 3. The second kappa shape index (κ2) is 8.47. The molecule has 1 aliphatic rings. The van der Waals surface area contributed by atoms with Gasteiger partial charge in [-0.3, -0.25) is 4.98 Å². The molecular weight excluding hydrogens is 426 g/mol. The molecule has 1 nitrogen and oxygen atoms in total. The van der Waals surface area contributed by atoms with E-state index in [1.807, 2.05) is 36.7 Å². The monoisotopic (exact) mass is 447 g/mol. The largest absolute Gasteiger partial charge is 0.395 e. The Hall–Kier alpha value is -3.47. The minimum atomic E-state index is -4.22. The van der Waals surface area contributed by atoms with Gasteiger partial charge in [-0.25, -0.2) is 4.39 Å². The van der Waals surface area contributed by atoms with E-state index in [9.17, 15) is 17.6 Å². The summed E-state index contributed by atoms with van der Waals surface area (Å²) in [5, 5.41) is 5.34. The highest BCUT2D eigenvalue weighted by Crippen LogP contribution is 2.45. The van der Waals surface area contributed by atoms with E-state index >= 15 is 0 Å². The zero-order valence-electron chi connectivity index (χ0n) is 17.7. The molecule has 1 aromatic heterocycles. The van der Waals surface area contributed by atoms with Crippen molar-refractivity contribution in [3.05, 3.63) is 102 Å². The van der Waals surface area contributed by atoms with Crippen LogP contribution in [-0.2, 0) is 6.42 Å². The summed E-state index contributed by atoms with van der Waals surface area (Å²) in [7, 11) is 0. The summed E-state index contributed by atoms with van der Waals surface area (Å²) in [6.07, 6.45) is 0.769. The van der Waals surface area contributed by atoms with E-state index < -0.39 is 12.1 Å². The van der Waals surface area contributed by atoms with Gasteiger partial charge in [-0.1, -0.05) is 60.7 Å². The molecule has 1 heterocycles. The Morgan fingerprint density at radius 1 is 0.727 bits per heavy atom. The maximum atomic E-state index is 13.9. The lowest BCUT2D eigenvalue weighted by molar-refractivity contribution is -0.153. The Bertz CT molecular complexity index is 1390. The number of rotatable bonds is 0. The first kappa shape index (κ1) is 21.4. The van der Waals surface area contributed by atoms with Gasteiger partial charge in [0.25, 0.3) is 0 Å². The Morgan fingerprint density at radius 2 is 1.45 bits per heavy atom. The highest BCUT2D eigenvalue weighted by Gasteiger charge is 2.42. The molecule has 4 aromatic carbocycles.